The van der Waals surface area contributed by atoms with Crippen LogP contribution < -0.4 is 10.6 Å². The van der Waals surface area contributed by atoms with Crippen LogP contribution in [-0.2, 0) is 9.53 Å². The van der Waals surface area contributed by atoms with E-state index < -0.39 is 5.97 Å². The predicted molar refractivity (Wildman–Crippen MR) is 64.0 cm³/mol. The van der Waals surface area contributed by atoms with Gasteiger partial charge in [-0.15, -0.1) is 0 Å². The highest BCUT2D eigenvalue weighted by atomic mass is 16.5. The van der Waals surface area contributed by atoms with Gasteiger partial charge in [-0.3, -0.25) is 4.79 Å². The Balaban J connectivity index is 1.84. The second-order valence-corrected chi connectivity index (χ2v) is 5.73. The predicted octanol–water partition coefficient (Wildman–Crippen LogP) is 0.209. The summed E-state index contributed by atoms with van der Waals surface area (Å²) in [5, 5.41) is 15.6. The average molecular weight is 242 g/mol. The normalized spacial score (nSPS) is 26.2. The SMILES string of the molecule is CC1(CNC2(CC(=O)O)CNC2)CCOCC1. The first kappa shape index (κ1) is 12.8. The van der Waals surface area contributed by atoms with Crippen LogP contribution in [0.4, 0.5) is 0 Å². The van der Waals surface area contributed by atoms with E-state index in [1.165, 1.54) is 0 Å². The highest BCUT2D eigenvalue weighted by Crippen LogP contribution is 2.30. The fraction of sp³-hybridized carbons (Fsp3) is 0.917. The molecular formula is C12H22N2O3. The van der Waals surface area contributed by atoms with E-state index in [1.54, 1.807) is 0 Å². The molecule has 0 amide bonds. The summed E-state index contributed by atoms with van der Waals surface area (Å²) in [6, 6.07) is 0. The lowest BCUT2D eigenvalue weighted by Crippen LogP contribution is -2.69. The van der Waals surface area contributed by atoms with Crippen LogP contribution in [0, 0.1) is 5.41 Å². The minimum Gasteiger partial charge on any atom is -0.481 e. The van der Waals surface area contributed by atoms with E-state index in [2.05, 4.69) is 17.6 Å². The number of hydrogen-bond acceptors (Lipinski definition) is 4. The zero-order chi connectivity index (χ0) is 12.4. The van der Waals surface area contributed by atoms with E-state index in [0.717, 1.165) is 45.7 Å². The van der Waals surface area contributed by atoms with E-state index in [1.807, 2.05) is 0 Å². The molecule has 0 unspecified atom stereocenters. The largest absolute Gasteiger partial charge is 0.481 e. The number of nitrogens with one attached hydrogen (secondary N) is 2. The Labute approximate surface area is 102 Å². The summed E-state index contributed by atoms with van der Waals surface area (Å²) < 4.78 is 5.37. The van der Waals surface area contributed by atoms with Gasteiger partial charge in [0, 0.05) is 32.8 Å². The Bertz CT molecular complexity index is 283. The molecule has 3 N–H and O–H groups in total. The average Bonchev–Trinajstić information content (AvgIpc) is 2.22. The summed E-state index contributed by atoms with van der Waals surface area (Å²) in [6.45, 7) is 6.29. The molecule has 17 heavy (non-hydrogen) atoms. The molecule has 2 rings (SSSR count). The van der Waals surface area contributed by atoms with Crippen LogP contribution in [-0.4, -0.2) is 49.5 Å². The maximum atomic E-state index is 10.9. The van der Waals surface area contributed by atoms with Crippen molar-refractivity contribution in [1.29, 1.82) is 0 Å². The third kappa shape index (κ3) is 3.18. The van der Waals surface area contributed by atoms with Crippen molar-refractivity contribution < 1.29 is 14.6 Å². The minimum atomic E-state index is -0.726. The first-order valence-electron chi connectivity index (χ1n) is 6.29. The fourth-order valence-corrected chi connectivity index (χ4v) is 2.47. The molecule has 0 saturated carbocycles. The number of aliphatic carboxylic acids is 1. The molecule has 0 aromatic carbocycles. The van der Waals surface area contributed by atoms with Crippen LogP contribution in [0.5, 0.6) is 0 Å². The molecule has 0 bridgehead atoms. The van der Waals surface area contributed by atoms with Crippen molar-refractivity contribution in [3.8, 4) is 0 Å². The van der Waals surface area contributed by atoms with Crippen molar-refractivity contribution in [3.05, 3.63) is 0 Å². The van der Waals surface area contributed by atoms with E-state index in [-0.39, 0.29) is 17.4 Å². The maximum absolute atomic E-state index is 10.9. The van der Waals surface area contributed by atoms with Gasteiger partial charge in [0.15, 0.2) is 0 Å². The van der Waals surface area contributed by atoms with Gasteiger partial charge in [0.2, 0.25) is 0 Å². The van der Waals surface area contributed by atoms with Crippen LogP contribution >= 0.6 is 0 Å². The van der Waals surface area contributed by atoms with Crippen LogP contribution in [0.2, 0.25) is 0 Å². The molecular weight excluding hydrogens is 220 g/mol. The van der Waals surface area contributed by atoms with E-state index >= 15 is 0 Å². The summed E-state index contributed by atoms with van der Waals surface area (Å²) in [7, 11) is 0. The van der Waals surface area contributed by atoms with Gasteiger partial charge in [-0.25, -0.2) is 0 Å². The lowest BCUT2D eigenvalue weighted by atomic mass is 9.80. The third-order valence-electron chi connectivity index (χ3n) is 4.01. The Kier molecular flexibility index (Phi) is 3.70. The van der Waals surface area contributed by atoms with Crippen LogP contribution in [0.1, 0.15) is 26.2 Å². The fourth-order valence-electron chi connectivity index (χ4n) is 2.47. The topological polar surface area (TPSA) is 70.6 Å². The molecule has 0 aliphatic carbocycles. The van der Waals surface area contributed by atoms with Crippen LogP contribution in [0.15, 0.2) is 0 Å². The number of carbonyl (C=O) groups is 1. The van der Waals surface area contributed by atoms with Crippen LogP contribution in [0.25, 0.3) is 0 Å². The second-order valence-electron chi connectivity index (χ2n) is 5.73. The lowest BCUT2D eigenvalue weighted by molar-refractivity contribution is -0.139. The summed E-state index contributed by atoms with van der Waals surface area (Å²) >= 11 is 0. The molecule has 2 saturated heterocycles. The lowest BCUT2D eigenvalue weighted by Gasteiger charge is -2.45. The standard InChI is InChI=1S/C12H22N2O3/c1-11(2-4-17-5-3-11)7-14-12(6-10(15)16)8-13-9-12/h13-14H,2-9H2,1H3,(H,15,16). The molecule has 5 nitrogen and oxygen atoms in total. The Morgan fingerprint density at radius 2 is 2.06 bits per heavy atom. The molecule has 2 heterocycles. The molecule has 2 aliphatic rings. The smallest absolute Gasteiger partial charge is 0.305 e. The molecule has 98 valence electrons. The van der Waals surface area contributed by atoms with Crippen molar-refractivity contribution in [2.24, 2.45) is 5.41 Å². The highest BCUT2D eigenvalue weighted by molar-refractivity contribution is 5.68. The van der Waals surface area contributed by atoms with Crippen molar-refractivity contribution in [1.82, 2.24) is 10.6 Å². The van der Waals surface area contributed by atoms with Gasteiger partial charge in [-0.1, -0.05) is 6.92 Å². The highest BCUT2D eigenvalue weighted by Gasteiger charge is 2.40. The molecule has 0 radical (unpaired) electrons. The van der Waals surface area contributed by atoms with Crippen LogP contribution in [0.3, 0.4) is 0 Å². The number of ether oxygens (including phenoxy) is 1. The van der Waals surface area contributed by atoms with Gasteiger partial charge in [0.1, 0.15) is 0 Å². The summed E-state index contributed by atoms with van der Waals surface area (Å²) in [5.74, 6) is -0.726. The van der Waals surface area contributed by atoms with Gasteiger partial charge in [-0.05, 0) is 18.3 Å². The van der Waals surface area contributed by atoms with Gasteiger partial charge in [-0.2, -0.15) is 0 Å². The quantitative estimate of drug-likeness (QED) is 0.643. The number of rotatable bonds is 5. The minimum absolute atomic E-state index is 0.201. The molecule has 2 fully saturated rings. The maximum Gasteiger partial charge on any atom is 0.305 e. The van der Waals surface area contributed by atoms with E-state index in [9.17, 15) is 4.79 Å². The van der Waals surface area contributed by atoms with Crippen molar-refractivity contribution in [3.63, 3.8) is 0 Å². The zero-order valence-electron chi connectivity index (χ0n) is 10.4. The van der Waals surface area contributed by atoms with E-state index in [4.69, 9.17) is 9.84 Å². The molecule has 2 aliphatic heterocycles. The molecule has 0 aromatic heterocycles. The molecule has 5 heteroatoms. The Hall–Kier alpha value is -0.650. The first-order valence-corrected chi connectivity index (χ1v) is 6.29. The van der Waals surface area contributed by atoms with Crippen molar-refractivity contribution >= 4 is 5.97 Å². The Morgan fingerprint density at radius 1 is 1.41 bits per heavy atom. The molecule has 0 aromatic rings. The van der Waals surface area contributed by atoms with Crippen molar-refractivity contribution in [2.45, 2.75) is 31.7 Å². The number of hydrogen-bond donors (Lipinski definition) is 3. The number of carboxylic acid groups (broad SMARTS) is 1. The molecule has 0 spiro atoms. The van der Waals surface area contributed by atoms with Gasteiger partial charge in [0.25, 0.3) is 0 Å². The summed E-state index contributed by atoms with van der Waals surface area (Å²) in [4.78, 5) is 10.9. The monoisotopic (exact) mass is 242 g/mol. The van der Waals surface area contributed by atoms with Gasteiger partial charge >= 0.3 is 5.97 Å². The number of carboxylic acids is 1. The third-order valence-corrected chi connectivity index (χ3v) is 4.01. The summed E-state index contributed by atoms with van der Waals surface area (Å²) in [6.07, 6.45) is 2.31. The van der Waals surface area contributed by atoms with Crippen molar-refractivity contribution in [2.75, 3.05) is 32.8 Å². The first-order chi connectivity index (χ1) is 8.04. The second kappa shape index (κ2) is 4.92. The summed E-state index contributed by atoms with van der Waals surface area (Å²) in [5.41, 5.74) is 0.0203. The van der Waals surface area contributed by atoms with Gasteiger partial charge in [0.05, 0.1) is 12.0 Å². The molecule has 0 atom stereocenters. The van der Waals surface area contributed by atoms with E-state index in [0.29, 0.717) is 0 Å². The zero-order valence-corrected chi connectivity index (χ0v) is 10.4. The Morgan fingerprint density at radius 3 is 2.53 bits per heavy atom. The van der Waals surface area contributed by atoms with Gasteiger partial charge < -0.3 is 20.5 Å².